The predicted molar refractivity (Wildman–Crippen MR) is 136 cm³/mol. The van der Waals surface area contributed by atoms with Gasteiger partial charge in [0.25, 0.3) is 15.8 Å². The molecule has 2 aliphatic rings. The summed E-state index contributed by atoms with van der Waals surface area (Å²) < 4.78 is 49.1. The summed E-state index contributed by atoms with van der Waals surface area (Å²) in [5.41, 5.74) is 0.610. The molecule has 3 aromatic carbocycles. The fourth-order valence-electron chi connectivity index (χ4n) is 4.74. The Hall–Kier alpha value is -3.72. The van der Waals surface area contributed by atoms with E-state index in [1.807, 2.05) is 6.07 Å². The molecule has 0 unspecified atom stereocenters. The highest BCUT2D eigenvalue weighted by Crippen LogP contribution is 2.40. The highest BCUT2D eigenvalue weighted by Gasteiger charge is 2.62. The van der Waals surface area contributed by atoms with Gasteiger partial charge in [-0.15, -0.1) is 0 Å². The Kier molecular flexibility index (Phi) is 7.94. The maximum atomic E-state index is 13.2. The Bertz CT molecular complexity index is 1450. The second kappa shape index (κ2) is 11.4. The van der Waals surface area contributed by atoms with Crippen LogP contribution in [0.4, 0.5) is 5.69 Å². The number of rotatable bonds is 9. The number of carbonyl (C=O) groups excluding carboxylic acids is 1. The van der Waals surface area contributed by atoms with Gasteiger partial charge in [-0.05, 0) is 29.8 Å². The summed E-state index contributed by atoms with van der Waals surface area (Å²) in [5.74, 6) is -0.803. The van der Waals surface area contributed by atoms with Crippen molar-refractivity contribution in [2.75, 3.05) is 0 Å². The third kappa shape index (κ3) is 5.61. The molecule has 2 bridgehead atoms. The molecular weight excluding hydrogens is 546 g/mol. The van der Waals surface area contributed by atoms with E-state index in [1.165, 1.54) is 12.1 Å². The molecule has 7 atom stereocenters. The lowest BCUT2D eigenvalue weighted by molar-refractivity contribution is -0.384. The molecule has 0 aliphatic carbocycles. The molecule has 0 saturated carbocycles. The number of carbonyl (C=O) groups is 1. The van der Waals surface area contributed by atoms with Gasteiger partial charge in [0.15, 0.2) is 6.10 Å². The van der Waals surface area contributed by atoms with E-state index >= 15 is 0 Å². The average molecular weight is 572 g/mol. The van der Waals surface area contributed by atoms with Gasteiger partial charge in [0, 0.05) is 12.1 Å². The highest BCUT2D eigenvalue weighted by atomic mass is 32.2. The summed E-state index contributed by atoms with van der Waals surface area (Å²) in [7, 11) is -4.55. The molecule has 5 rings (SSSR count). The van der Waals surface area contributed by atoms with Gasteiger partial charge in [0.05, 0.1) is 22.0 Å². The predicted octanol–water partition coefficient (Wildman–Crippen LogP) is 1.98. The second-order valence-electron chi connectivity index (χ2n) is 9.31. The second-order valence-corrected chi connectivity index (χ2v) is 10.9. The van der Waals surface area contributed by atoms with Crippen molar-refractivity contribution in [1.29, 1.82) is 0 Å². The third-order valence-corrected chi connectivity index (χ3v) is 8.07. The highest BCUT2D eigenvalue weighted by molar-refractivity contribution is 7.86. The van der Waals surface area contributed by atoms with Crippen molar-refractivity contribution in [3.05, 3.63) is 106 Å². The van der Waals surface area contributed by atoms with Crippen molar-refractivity contribution in [3.8, 4) is 0 Å². The number of hydrogen-bond acceptors (Lipinski definition) is 11. The summed E-state index contributed by atoms with van der Waals surface area (Å²) >= 11 is 0. The van der Waals surface area contributed by atoms with Crippen LogP contribution >= 0.6 is 0 Å². The number of non-ortho nitro benzene ring substituents is 1. The van der Waals surface area contributed by atoms with Crippen molar-refractivity contribution in [2.45, 2.75) is 54.2 Å². The van der Waals surface area contributed by atoms with Crippen molar-refractivity contribution < 1.29 is 46.7 Å². The van der Waals surface area contributed by atoms with Crippen LogP contribution in [0.25, 0.3) is 0 Å². The van der Waals surface area contributed by atoms with Crippen LogP contribution in [0.2, 0.25) is 0 Å². The molecule has 2 N–H and O–H groups in total. The van der Waals surface area contributed by atoms with Gasteiger partial charge in [-0.2, -0.15) is 8.42 Å². The Morgan fingerprint density at radius 1 is 0.850 bits per heavy atom. The van der Waals surface area contributed by atoms with E-state index in [4.69, 9.17) is 18.4 Å². The lowest BCUT2D eigenvalue weighted by Crippen LogP contribution is -2.56. The Balaban J connectivity index is 1.42. The quantitative estimate of drug-likeness (QED) is 0.166. The average Bonchev–Trinajstić information content (AvgIpc) is 3.28. The number of benzene rings is 3. The number of nitro benzene ring substituents is 1. The first-order valence-corrected chi connectivity index (χ1v) is 13.7. The van der Waals surface area contributed by atoms with Gasteiger partial charge in [-0.25, -0.2) is 4.79 Å². The molecule has 2 aliphatic heterocycles. The van der Waals surface area contributed by atoms with Crippen LogP contribution in [-0.2, 0) is 35.1 Å². The van der Waals surface area contributed by atoms with E-state index in [1.54, 1.807) is 42.5 Å². The number of fused-ring (bicyclic) bond motifs is 2. The largest absolute Gasteiger partial charge is 0.453 e. The number of nitro groups is 1. The topological polar surface area (TPSA) is 172 Å². The minimum atomic E-state index is -4.55. The van der Waals surface area contributed by atoms with Crippen LogP contribution in [0, 0.1) is 10.1 Å². The summed E-state index contributed by atoms with van der Waals surface area (Å²) in [4.78, 5) is 22.6. The van der Waals surface area contributed by atoms with E-state index in [0.717, 1.165) is 29.8 Å². The van der Waals surface area contributed by atoms with Crippen molar-refractivity contribution >= 4 is 21.8 Å². The van der Waals surface area contributed by atoms with Gasteiger partial charge in [-0.3, -0.25) is 14.3 Å². The Labute approximate surface area is 229 Å². The van der Waals surface area contributed by atoms with E-state index in [0.29, 0.717) is 0 Å². The molecule has 3 aromatic rings. The first-order chi connectivity index (χ1) is 19.2. The zero-order chi connectivity index (χ0) is 28.4. The summed E-state index contributed by atoms with van der Waals surface area (Å²) in [6, 6.07) is 21.0. The molecule has 0 radical (unpaired) electrons. The Morgan fingerprint density at radius 3 is 2.02 bits per heavy atom. The molecule has 2 saturated heterocycles. The van der Waals surface area contributed by atoms with Crippen LogP contribution in [0.15, 0.2) is 89.8 Å². The van der Waals surface area contributed by atoms with Gasteiger partial charge >= 0.3 is 5.97 Å². The van der Waals surface area contributed by atoms with Gasteiger partial charge in [-0.1, -0.05) is 48.5 Å². The van der Waals surface area contributed by atoms with Gasteiger partial charge in [0.2, 0.25) is 0 Å². The van der Waals surface area contributed by atoms with Crippen molar-refractivity contribution in [3.63, 3.8) is 0 Å². The molecular formula is C27H25NO11S. The zero-order valence-electron chi connectivity index (χ0n) is 20.8. The molecule has 12 nitrogen and oxygen atoms in total. The molecule has 0 aromatic heterocycles. The smallest absolute Gasteiger partial charge is 0.338 e. The molecule has 2 fully saturated rings. The lowest BCUT2D eigenvalue weighted by atomic mass is 10.00. The van der Waals surface area contributed by atoms with Crippen LogP contribution in [0.1, 0.15) is 15.9 Å². The summed E-state index contributed by atoms with van der Waals surface area (Å²) in [6.07, 6.45) is -9.99. The fourth-order valence-corrected chi connectivity index (χ4v) is 5.84. The molecule has 13 heteroatoms. The minimum absolute atomic E-state index is 0.00713. The molecule has 2 heterocycles. The van der Waals surface area contributed by atoms with Crippen LogP contribution in [-0.4, -0.2) is 72.3 Å². The van der Waals surface area contributed by atoms with Crippen LogP contribution in [0.3, 0.4) is 0 Å². The lowest BCUT2D eigenvalue weighted by Gasteiger charge is -2.37. The van der Waals surface area contributed by atoms with Crippen molar-refractivity contribution in [1.82, 2.24) is 0 Å². The monoisotopic (exact) mass is 571 g/mol. The van der Waals surface area contributed by atoms with Crippen molar-refractivity contribution in [2.24, 2.45) is 0 Å². The Morgan fingerprint density at radius 2 is 1.43 bits per heavy atom. The first kappa shape index (κ1) is 27.8. The van der Waals surface area contributed by atoms with E-state index < -0.39 is 63.7 Å². The molecule has 0 spiro atoms. The first-order valence-electron chi connectivity index (χ1n) is 12.3. The number of aliphatic hydroxyl groups excluding tert-OH is 2. The maximum absolute atomic E-state index is 13.2. The number of nitrogens with zero attached hydrogens (tertiary/aromatic N) is 1. The van der Waals surface area contributed by atoms with Gasteiger partial charge < -0.3 is 24.4 Å². The van der Waals surface area contributed by atoms with Crippen LogP contribution < -0.4 is 0 Å². The zero-order valence-corrected chi connectivity index (χ0v) is 21.6. The van der Waals surface area contributed by atoms with Gasteiger partial charge in [0.1, 0.15) is 36.6 Å². The molecule has 40 heavy (non-hydrogen) atoms. The summed E-state index contributed by atoms with van der Waals surface area (Å²) in [6.45, 7) is -0.00713. The maximum Gasteiger partial charge on any atom is 0.338 e. The fraction of sp³-hybridized carbons (Fsp3) is 0.296. The standard InChI is InChI=1S/C27H25NO11S/c29-20-22(38-27(31)17-9-5-2-6-10-17)21(30)24-26(25(23(20)37-24)36-15-16-7-3-1-4-8-16)39-40(34,35)19-13-11-18(12-14-19)28(32)33/h1-14,20-26,29-30H,15H2/t20-,21-,22+,23+,24-,25-,26-/m0/s1. The molecule has 210 valence electrons. The van der Waals surface area contributed by atoms with E-state index in [-0.39, 0.29) is 22.8 Å². The number of ether oxygens (including phenoxy) is 3. The minimum Gasteiger partial charge on any atom is -0.453 e. The van der Waals surface area contributed by atoms with E-state index in [2.05, 4.69) is 0 Å². The number of esters is 1. The number of hydrogen-bond donors (Lipinski definition) is 2. The van der Waals surface area contributed by atoms with Crippen LogP contribution in [0.5, 0.6) is 0 Å². The van der Waals surface area contributed by atoms with E-state index in [9.17, 15) is 33.5 Å². The number of aliphatic hydroxyl groups is 2. The normalized spacial score (nSPS) is 27.7. The third-order valence-electron chi connectivity index (χ3n) is 6.74. The SMILES string of the molecule is O=C(O[C@@H]1[C@H](O)[C@H]2O[C@@H]([C@H]1O)[C@H](OS(=O)(=O)c1ccc([N+](=O)[O-])cc1)[C@H]2OCc1ccccc1)c1ccccc1. The summed E-state index contributed by atoms with van der Waals surface area (Å²) in [5, 5.41) is 33.2. The molecule has 0 amide bonds.